The van der Waals surface area contributed by atoms with E-state index in [1.165, 1.54) is 0 Å². The van der Waals surface area contributed by atoms with Gasteiger partial charge in [-0.2, -0.15) is 0 Å². The number of hydrogen-bond acceptors (Lipinski definition) is 8. The van der Waals surface area contributed by atoms with E-state index in [1.807, 2.05) is 19.1 Å². The van der Waals surface area contributed by atoms with Crippen molar-refractivity contribution in [1.29, 1.82) is 0 Å². The quantitative estimate of drug-likeness (QED) is 0.285. The maximum atomic E-state index is 10.7. The first-order valence-corrected chi connectivity index (χ1v) is 10.8. The van der Waals surface area contributed by atoms with Crippen molar-refractivity contribution < 1.29 is 39.7 Å². The van der Waals surface area contributed by atoms with Gasteiger partial charge in [-0.15, -0.1) is 6.58 Å². The van der Waals surface area contributed by atoms with E-state index in [9.17, 15) is 25.5 Å². The second-order valence-electron chi connectivity index (χ2n) is 7.89. The van der Waals surface area contributed by atoms with Crippen molar-refractivity contribution in [3.8, 4) is 5.75 Å². The van der Waals surface area contributed by atoms with Crippen molar-refractivity contribution in [2.75, 3.05) is 19.8 Å². The van der Waals surface area contributed by atoms with Gasteiger partial charge in [0.1, 0.15) is 30.2 Å². The van der Waals surface area contributed by atoms with Crippen molar-refractivity contribution in [3.05, 3.63) is 42.5 Å². The lowest BCUT2D eigenvalue weighted by Gasteiger charge is -2.43. The van der Waals surface area contributed by atoms with E-state index in [4.69, 9.17) is 14.2 Å². The van der Waals surface area contributed by atoms with Crippen LogP contribution < -0.4 is 4.74 Å². The molecule has 1 aromatic rings. The van der Waals surface area contributed by atoms with Crippen LogP contribution in [0.15, 0.2) is 36.9 Å². The first-order valence-electron chi connectivity index (χ1n) is 10.8. The molecular formula is C23H36O8. The molecule has 31 heavy (non-hydrogen) atoms. The van der Waals surface area contributed by atoms with Gasteiger partial charge >= 0.3 is 0 Å². The smallest absolute Gasteiger partial charge is 0.229 e. The third-order valence-electron chi connectivity index (χ3n) is 5.61. The lowest BCUT2D eigenvalue weighted by Crippen LogP contribution is -2.61. The van der Waals surface area contributed by atoms with E-state index >= 15 is 0 Å². The number of benzene rings is 1. The van der Waals surface area contributed by atoms with Gasteiger partial charge in [-0.25, -0.2) is 0 Å². The molecule has 1 aliphatic rings. The topological polar surface area (TPSA) is 129 Å². The highest BCUT2D eigenvalue weighted by Gasteiger charge is 2.47. The summed E-state index contributed by atoms with van der Waals surface area (Å²) >= 11 is 0. The van der Waals surface area contributed by atoms with Crippen LogP contribution in [0.5, 0.6) is 5.75 Å². The normalized spacial score (nSPS) is 28.1. The summed E-state index contributed by atoms with van der Waals surface area (Å²) in [7, 11) is 0. The summed E-state index contributed by atoms with van der Waals surface area (Å²) in [4.78, 5) is 0. The number of aliphatic hydroxyl groups is 5. The van der Waals surface area contributed by atoms with Crippen LogP contribution in [0.2, 0.25) is 0 Å². The Morgan fingerprint density at radius 2 is 1.84 bits per heavy atom. The first-order chi connectivity index (χ1) is 15.0. The summed E-state index contributed by atoms with van der Waals surface area (Å²) in [6.45, 7) is 5.02. The van der Waals surface area contributed by atoms with E-state index in [1.54, 1.807) is 18.2 Å². The number of rotatable bonds is 13. The maximum Gasteiger partial charge on any atom is 0.229 e. The van der Waals surface area contributed by atoms with E-state index in [2.05, 4.69) is 6.58 Å². The zero-order valence-electron chi connectivity index (χ0n) is 18.0. The molecule has 1 heterocycles. The van der Waals surface area contributed by atoms with Crippen molar-refractivity contribution >= 4 is 0 Å². The predicted molar refractivity (Wildman–Crippen MR) is 115 cm³/mol. The predicted octanol–water partition coefficient (Wildman–Crippen LogP) is 0.778. The van der Waals surface area contributed by atoms with Gasteiger partial charge in [-0.1, -0.05) is 31.6 Å². The highest BCUT2D eigenvalue weighted by Crippen LogP contribution is 2.29. The Labute approximate surface area is 183 Å². The molecule has 0 amide bonds. The molecule has 1 aliphatic heterocycles. The molecule has 0 radical (unpaired) electrons. The van der Waals surface area contributed by atoms with Crippen molar-refractivity contribution in [3.63, 3.8) is 0 Å². The Hall–Kier alpha value is -1.52. The number of hydrogen-bond donors (Lipinski definition) is 5. The Kier molecular flexibility index (Phi) is 10.9. The maximum absolute atomic E-state index is 10.7. The molecule has 0 aliphatic carbocycles. The summed E-state index contributed by atoms with van der Waals surface area (Å²) in [6.07, 6.45) is -2.37. The van der Waals surface area contributed by atoms with Crippen LogP contribution in [0.3, 0.4) is 0 Å². The van der Waals surface area contributed by atoms with Crippen LogP contribution in [-0.4, -0.2) is 82.2 Å². The van der Waals surface area contributed by atoms with E-state index < -0.39 is 43.4 Å². The third-order valence-corrected chi connectivity index (χ3v) is 5.61. The molecule has 0 saturated carbocycles. The van der Waals surface area contributed by atoms with Crippen LogP contribution in [0.25, 0.3) is 0 Å². The first kappa shape index (κ1) is 25.7. The number of ether oxygens (including phenoxy) is 3. The lowest BCUT2D eigenvalue weighted by atomic mass is 9.96. The molecule has 176 valence electrons. The molecule has 8 heteroatoms. The molecule has 1 saturated heterocycles. The molecular weight excluding hydrogens is 404 g/mol. The highest BCUT2D eigenvalue weighted by atomic mass is 16.7. The minimum atomic E-state index is -1.37. The molecule has 7 atom stereocenters. The van der Waals surface area contributed by atoms with Crippen LogP contribution in [0, 0.1) is 5.92 Å². The summed E-state index contributed by atoms with van der Waals surface area (Å²) in [5.74, 6) is 0.456. The van der Waals surface area contributed by atoms with Gasteiger partial charge in [0.25, 0.3) is 0 Å². The third kappa shape index (κ3) is 7.25. The van der Waals surface area contributed by atoms with Gasteiger partial charge in [-0.05, 0) is 42.9 Å². The average Bonchev–Trinajstić information content (AvgIpc) is 2.78. The second-order valence-corrected chi connectivity index (χ2v) is 7.89. The van der Waals surface area contributed by atoms with Gasteiger partial charge in [0.15, 0.2) is 0 Å². The zero-order chi connectivity index (χ0) is 22.8. The minimum absolute atomic E-state index is 0.0162. The summed E-state index contributed by atoms with van der Waals surface area (Å²) in [6, 6.07) is 7.28. The van der Waals surface area contributed by atoms with E-state index in [0.717, 1.165) is 18.4 Å². The monoisotopic (exact) mass is 440 g/mol. The van der Waals surface area contributed by atoms with Crippen LogP contribution in [0.4, 0.5) is 0 Å². The van der Waals surface area contributed by atoms with Crippen LogP contribution in [-0.2, 0) is 15.9 Å². The van der Waals surface area contributed by atoms with Crippen LogP contribution >= 0.6 is 0 Å². The lowest BCUT2D eigenvalue weighted by molar-refractivity contribution is -0.296. The van der Waals surface area contributed by atoms with Gasteiger partial charge in [0, 0.05) is 13.2 Å². The molecule has 0 bridgehead atoms. The van der Waals surface area contributed by atoms with Crippen molar-refractivity contribution in [2.24, 2.45) is 5.92 Å². The fourth-order valence-corrected chi connectivity index (χ4v) is 3.65. The summed E-state index contributed by atoms with van der Waals surface area (Å²) < 4.78 is 17.7. The van der Waals surface area contributed by atoms with E-state index in [-0.39, 0.29) is 19.1 Å². The van der Waals surface area contributed by atoms with Crippen LogP contribution in [0.1, 0.15) is 31.7 Å². The fraction of sp³-hybridized carbons (Fsp3) is 0.652. The van der Waals surface area contributed by atoms with Gasteiger partial charge < -0.3 is 39.7 Å². The van der Waals surface area contributed by atoms with Gasteiger partial charge in [-0.3, -0.25) is 0 Å². The second kappa shape index (κ2) is 13.1. The molecule has 8 nitrogen and oxygen atoms in total. The largest absolute Gasteiger partial charge is 0.462 e. The SMILES string of the molecule is C=CCc1ccc(O[C@H]2O[C@H](CO)[C@@H](O)[C@H](O)[C@@H]2O[C@@H](CCO)C[C@H](CC)CO)cc1. The zero-order valence-corrected chi connectivity index (χ0v) is 18.0. The Bertz CT molecular complexity index is 633. The molecule has 1 aromatic carbocycles. The average molecular weight is 441 g/mol. The molecule has 0 aromatic heterocycles. The van der Waals surface area contributed by atoms with E-state index in [0.29, 0.717) is 18.6 Å². The Morgan fingerprint density at radius 1 is 1.13 bits per heavy atom. The number of aliphatic hydroxyl groups excluding tert-OH is 5. The minimum Gasteiger partial charge on any atom is -0.462 e. The molecule has 0 unspecified atom stereocenters. The Morgan fingerprint density at radius 3 is 2.39 bits per heavy atom. The van der Waals surface area contributed by atoms with Gasteiger partial charge in [0.05, 0.1) is 12.7 Å². The molecule has 2 rings (SSSR count). The van der Waals surface area contributed by atoms with Crippen molar-refractivity contribution in [1.82, 2.24) is 0 Å². The standard InChI is InChI=1S/C23H36O8/c1-3-5-16-6-8-17(9-7-16)30-23-22(21(28)20(27)19(14-26)31-23)29-18(10-11-24)12-15(4-2)13-25/h3,6-9,15,18-28H,1,4-5,10-14H2,2H3/t15-,18-,19+,20+,21-,22-,23-/m0/s1. The molecule has 5 N–H and O–H groups in total. The van der Waals surface area contributed by atoms with Crippen molar-refractivity contribution in [2.45, 2.75) is 69.4 Å². The summed E-state index contributed by atoms with van der Waals surface area (Å²) in [5.41, 5.74) is 1.06. The fourth-order valence-electron chi connectivity index (χ4n) is 3.65. The number of allylic oxidation sites excluding steroid dienone is 1. The Balaban J connectivity index is 2.20. The van der Waals surface area contributed by atoms with Gasteiger partial charge in [0.2, 0.25) is 6.29 Å². The molecule has 0 spiro atoms. The molecule has 1 fully saturated rings. The highest BCUT2D eigenvalue weighted by molar-refractivity contribution is 5.28. The summed E-state index contributed by atoms with van der Waals surface area (Å²) in [5, 5.41) is 49.5.